The van der Waals surface area contributed by atoms with Crippen LogP contribution in [0.1, 0.15) is 20.3 Å². The minimum absolute atomic E-state index is 0.177. The number of rotatable bonds is 0. The van der Waals surface area contributed by atoms with Crippen LogP contribution in [0.15, 0.2) is 5.10 Å². The van der Waals surface area contributed by atoms with E-state index in [0.29, 0.717) is 0 Å². The average Bonchev–Trinajstić information content (AvgIpc) is 1.90. The number of hydrogen-bond donors (Lipinski definition) is 2. The highest BCUT2D eigenvalue weighted by Crippen LogP contribution is 2.06. The van der Waals surface area contributed by atoms with Gasteiger partial charge >= 0.3 is 6.03 Å². The molecule has 2 amide bonds. The normalized spacial score (nSPS) is 22.8. The van der Waals surface area contributed by atoms with Gasteiger partial charge in [0.25, 0.3) is 0 Å². The molecule has 0 aromatic carbocycles. The van der Waals surface area contributed by atoms with E-state index < -0.39 is 0 Å². The quantitative estimate of drug-likeness (QED) is 0.505. The van der Waals surface area contributed by atoms with Crippen molar-refractivity contribution in [2.24, 2.45) is 5.10 Å². The van der Waals surface area contributed by atoms with Crippen LogP contribution in [0.4, 0.5) is 4.79 Å². The first-order chi connectivity index (χ1) is 4.60. The van der Waals surface area contributed by atoms with E-state index in [1.807, 2.05) is 13.8 Å². The van der Waals surface area contributed by atoms with Crippen LogP contribution in [0.5, 0.6) is 0 Å². The summed E-state index contributed by atoms with van der Waals surface area (Å²) < 4.78 is 0. The molecule has 4 nitrogen and oxygen atoms in total. The van der Waals surface area contributed by atoms with Gasteiger partial charge in [0.1, 0.15) is 0 Å². The summed E-state index contributed by atoms with van der Waals surface area (Å²) in [5.74, 6) is 0. The van der Waals surface area contributed by atoms with Crippen molar-refractivity contribution in [2.75, 3.05) is 0 Å². The largest absolute Gasteiger partial charge is 0.335 e. The lowest BCUT2D eigenvalue weighted by Gasteiger charge is -2.21. The standard InChI is InChI=1S/C6H11N3O/c1-6(2)3-4-7-9-5(10)8-6/h4H,3H2,1-2H3,(H2,8,9,10). The molecule has 1 aliphatic heterocycles. The number of hydrazone groups is 1. The lowest BCUT2D eigenvalue weighted by molar-refractivity contribution is 0.233. The molecule has 10 heavy (non-hydrogen) atoms. The molecule has 0 bridgehead atoms. The minimum Gasteiger partial charge on any atom is -0.331 e. The molecule has 0 fully saturated rings. The fourth-order valence-corrected chi connectivity index (χ4v) is 0.764. The van der Waals surface area contributed by atoms with Crippen molar-refractivity contribution in [3.63, 3.8) is 0 Å². The third-order valence-electron chi connectivity index (χ3n) is 1.31. The summed E-state index contributed by atoms with van der Waals surface area (Å²) in [5.41, 5.74) is 2.14. The van der Waals surface area contributed by atoms with Gasteiger partial charge in [0.15, 0.2) is 0 Å². The Labute approximate surface area is 59.7 Å². The van der Waals surface area contributed by atoms with E-state index in [9.17, 15) is 4.79 Å². The predicted molar refractivity (Wildman–Crippen MR) is 38.9 cm³/mol. The molecule has 0 aliphatic carbocycles. The summed E-state index contributed by atoms with van der Waals surface area (Å²) >= 11 is 0. The second-order valence-corrected chi connectivity index (χ2v) is 2.97. The number of nitrogens with zero attached hydrogens (tertiary/aromatic N) is 1. The van der Waals surface area contributed by atoms with Gasteiger partial charge in [-0.15, -0.1) is 0 Å². The Morgan fingerprint density at radius 3 is 3.10 bits per heavy atom. The lowest BCUT2D eigenvalue weighted by Crippen LogP contribution is -2.45. The van der Waals surface area contributed by atoms with E-state index in [4.69, 9.17) is 0 Å². The zero-order valence-electron chi connectivity index (χ0n) is 6.14. The van der Waals surface area contributed by atoms with Crippen LogP contribution in [0, 0.1) is 0 Å². The van der Waals surface area contributed by atoms with Gasteiger partial charge in [-0.1, -0.05) is 0 Å². The van der Waals surface area contributed by atoms with Crippen LogP contribution in [-0.4, -0.2) is 17.8 Å². The molecular weight excluding hydrogens is 130 g/mol. The molecule has 0 aromatic rings. The molecule has 0 atom stereocenters. The van der Waals surface area contributed by atoms with Crippen LogP contribution in [0.3, 0.4) is 0 Å². The fourth-order valence-electron chi connectivity index (χ4n) is 0.764. The molecule has 1 aliphatic rings. The summed E-state index contributed by atoms with van der Waals surface area (Å²) in [6, 6.07) is -0.237. The number of nitrogens with one attached hydrogen (secondary N) is 2. The van der Waals surface area contributed by atoms with Crippen LogP contribution in [0.25, 0.3) is 0 Å². The number of carbonyl (C=O) groups is 1. The SMILES string of the molecule is CC1(C)CC=NNC(=O)N1. The van der Waals surface area contributed by atoms with Crippen LogP contribution in [0.2, 0.25) is 0 Å². The molecule has 0 saturated carbocycles. The van der Waals surface area contributed by atoms with Crippen molar-refractivity contribution in [1.29, 1.82) is 0 Å². The number of hydrogen-bond acceptors (Lipinski definition) is 2. The van der Waals surface area contributed by atoms with Gasteiger partial charge in [-0.3, -0.25) is 0 Å². The van der Waals surface area contributed by atoms with E-state index in [2.05, 4.69) is 15.8 Å². The number of amides is 2. The van der Waals surface area contributed by atoms with Gasteiger partial charge in [-0.25, -0.2) is 10.2 Å². The van der Waals surface area contributed by atoms with Gasteiger partial charge in [-0.2, -0.15) is 5.10 Å². The molecule has 0 saturated heterocycles. The second-order valence-electron chi connectivity index (χ2n) is 2.97. The maximum Gasteiger partial charge on any atom is 0.335 e. The van der Waals surface area contributed by atoms with E-state index in [-0.39, 0.29) is 11.6 Å². The monoisotopic (exact) mass is 141 g/mol. The van der Waals surface area contributed by atoms with Crippen molar-refractivity contribution in [1.82, 2.24) is 10.7 Å². The molecular formula is C6H11N3O. The molecule has 1 heterocycles. The average molecular weight is 141 g/mol. The van der Waals surface area contributed by atoms with Crippen molar-refractivity contribution >= 4 is 12.2 Å². The molecule has 0 aromatic heterocycles. The van der Waals surface area contributed by atoms with Gasteiger partial charge in [-0.05, 0) is 13.8 Å². The molecule has 56 valence electrons. The molecule has 0 spiro atoms. The van der Waals surface area contributed by atoms with Gasteiger partial charge < -0.3 is 5.32 Å². The Kier molecular flexibility index (Phi) is 1.61. The van der Waals surface area contributed by atoms with Gasteiger partial charge in [0, 0.05) is 18.2 Å². The molecule has 1 rings (SSSR count). The third kappa shape index (κ3) is 1.72. The highest BCUT2D eigenvalue weighted by Gasteiger charge is 2.20. The summed E-state index contributed by atoms with van der Waals surface area (Å²) in [6.07, 6.45) is 2.45. The molecule has 2 N–H and O–H groups in total. The van der Waals surface area contributed by atoms with Crippen molar-refractivity contribution in [3.8, 4) is 0 Å². The van der Waals surface area contributed by atoms with E-state index in [0.717, 1.165) is 6.42 Å². The van der Waals surface area contributed by atoms with Crippen LogP contribution < -0.4 is 10.7 Å². The summed E-state index contributed by atoms with van der Waals surface area (Å²) in [6.45, 7) is 3.90. The number of urea groups is 1. The van der Waals surface area contributed by atoms with Gasteiger partial charge in [0.05, 0.1) is 0 Å². The van der Waals surface area contributed by atoms with Crippen LogP contribution >= 0.6 is 0 Å². The minimum atomic E-state index is -0.237. The van der Waals surface area contributed by atoms with E-state index >= 15 is 0 Å². The Morgan fingerprint density at radius 2 is 2.40 bits per heavy atom. The number of carbonyl (C=O) groups excluding carboxylic acids is 1. The Bertz CT molecular complexity index is 174. The summed E-state index contributed by atoms with van der Waals surface area (Å²) in [4.78, 5) is 10.8. The predicted octanol–water partition coefficient (Wildman–Crippen LogP) is 0.454. The van der Waals surface area contributed by atoms with E-state index in [1.54, 1.807) is 6.21 Å². The first-order valence-corrected chi connectivity index (χ1v) is 3.20. The van der Waals surface area contributed by atoms with E-state index in [1.165, 1.54) is 0 Å². The Balaban J connectivity index is 2.66. The maximum atomic E-state index is 10.8. The lowest BCUT2D eigenvalue weighted by atomic mass is 10.0. The first kappa shape index (κ1) is 7.05. The second kappa shape index (κ2) is 2.28. The Morgan fingerprint density at radius 1 is 1.70 bits per heavy atom. The van der Waals surface area contributed by atoms with Gasteiger partial charge in [0.2, 0.25) is 0 Å². The van der Waals surface area contributed by atoms with Crippen molar-refractivity contribution < 1.29 is 4.79 Å². The van der Waals surface area contributed by atoms with Crippen LogP contribution in [-0.2, 0) is 0 Å². The topological polar surface area (TPSA) is 53.5 Å². The maximum absolute atomic E-state index is 10.8. The first-order valence-electron chi connectivity index (χ1n) is 3.20. The third-order valence-corrected chi connectivity index (χ3v) is 1.31. The summed E-state index contributed by atoms with van der Waals surface area (Å²) in [5, 5.41) is 6.40. The fraction of sp³-hybridized carbons (Fsp3) is 0.667. The highest BCUT2D eigenvalue weighted by atomic mass is 16.2. The highest BCUT2D eigenvalue weighted by molar-refractivity contribution is 5.78. The zero-order chi connectivity index (χ0) is 7.61. The molecule has 0 radical (unpaired) electrons. The summed E-state index contributed by atoms with van der Waals surface area (Å²) in [7, 11) is 0. The van der Waals surface area contributed by atoms with Crippen molar-refractivity contribution in [3.05, 3.63) is 0 Å². The van der Waals surface area contributed by atoms with Crippen molar-refractivity contribution in [2.45, 2.75) is 25.8 Å². The molecule has 0 unspecified atom stereocenters. The smallest absolute Gasteiger partial charge is 0.331 e. The Hall–Kier alpha value is -1.06. The molecule has 4 heteroatoms. The zero-order valence-corrected chi connectivity index (χ0v) is 6.14.